The van der Waals surface area contributed by atoms with Crippen LogP contribution in [0.15, 0.2) is 54.7 Å². The first-order chi connectivity index (χ1) is 17.4. The van der Waals surface area contributed by atoms with E-state index in [0.29, 0.717) is 29.8 Å². The number of likely N-dealkylation sites (tertiary alicyclic amines) is 1. The summed E-state index contributed by atoms with van der Waals surface area (Å²) in [6.07, 6.45) is 4.63. The third kappa shape index (κ3) is 6.58. The Kier molecular flexibility index (Phi) is 8.86. The van der Waals surface area contributed by atoms with Crippen LogP contribution in [0.2, 0.25) is 0 Å². The number of halogens is 2. The van der Waals surface area contributed by atoms with E-state index >= 15 is 4.39 Å². The number of unbranched alkanes of at least 4 members (excludes halogenated alkanes) is 1. The number of carbonyl (C=O) groups is 1. The number of alkyl halides is 1. The van der Waals surface area contributed by atoms with E-state index in [9.17, 15) is 14.3 Å². The minimum atomic E-state index is -1.20. The molecule has 1 aliphatic heterocycles. The van der Waals surface area contributed by atoms with Crippen LogP contribution in [0.25, 0.3) is 10.9 Å². The van der Waals surface area contributed by atoms with Crippen LogP contribution < -0.4 is 4.74 Å². The maximum atomic E-state index is 15.4. The van der Waals surface area contributed by atoms with Crippen LogP contribution in [0.3, 0.4) is 0 Å². The standard InChI is InChI=1S/C29H34F2N2O3/c1-36-23-9-11-28-25(18-23)24(12-14-32-28)27(31)10-8-21-13-16-33(19-26(21)29(34)35)15-3-2-5-20-6-4-7-22(30)17-20/h4,6-7,9,11-12,14,17-18,21,26-27H,2-3,5,8,10,13,15-16,19H2,1H3,(H,34,35)/t21-,26+,27?/m1/s1. The van der Waals surface area contributed by atoms with Crippen molar-refractivity contribution in [1.29, 1.82) is 0 Å². The van der Waals surface area contributed by atoms with Gasteiger partial charge >= 0.3 is 5.97 Å². The Morgan fingerprint density at radius 3 is 2.86 bits per heavy atom. The van der Waals surface area contributed by atoms with Gasteiger partial charge in [0.2, 0.25) is 0 Å². The summed E-state index contributed by atoms with van der Waals surface area (Å²) in [5, 5.41) is 10.6. The lowest BCUT2D eigenvalue weighted by Gasteiger charge is -2.37. The highest BCUT2D eigenvalue weighted by atomic mass is 19.1. The number of hydrogen-bond donors (Lipinski definition) is 1. The summed E-state index contributed by atoms with van der Waals surface area (Å²) in [5.74, 6) is -0.918. The molecule has 192 valence electrons. The zero-order valence-electron chi connectivity index (χ0n) is 20.7. The normalized spacial score (nSPS) is 19.3. The van der Waals surface area contributed by atoms with E-state index in [0.717, 1.165) is 49.7 Å². The molecule has 1 N–H and O–H groups in total. The van der Waals surface area contributed by atoms with Gasteiger partial charge in [-0.2, -0.15) is 0 Å². The Morgan fingerprint density at radius 2 is 2.08 bits per heavy atom. The molecule has 2 aromatic carbocycles. The number of rotatable bonds is 11. The van der Waals surface area contributed by atoms with E-state index in [1.807, 2.05) is 12.1 Å². The van der Waals surface area contributed by atoms with Crippen LogP contribution in [0.4, 0.5) is 8.78 Å². The highest BCUT2D eigenvalue weighted by Gasteiger charge is 2.34. The lowest BCUT2D eigenvalue weighted by Crippen LogP contribution is -2.44. The molecule has 36 heavy (non-hydrogen) atoms. The molecule has 1 aliphatic rings. The minimum absolute atomic E-state index is 0.0491. The van der Waals surface area contributed by atoms with Crippen molar-refractivity contribution in [2.45, 2.75) is 44.7 Å². The van der Waals surface area contributed by atoms with Crippen molar-refractivity contribution in [3.63, 3.8) is 0 Å². The molecular weight excluding hydrogens is 462 g/mol. The van der Waals surface area contributed by atoms with Crippen molar-refractivity contribution in [3.05, 3.63) is 71.7 Å². The Hall–Kier alpha value is -3.06. The summed E-state index contributed by atoms with van der Waals surface area (Å²) in [5.41, 5.74) is 2.27. The number of piperidine rings is 1. The molecule has 0 aliphatic carbocycles. The summed E-state index contributed by atoms with van der Waals surface area (Å²) in [4.78, 5) is 18.6. The molecule has 4 rings (SSSR count). The van der Waals surface area contributed by atoms with E-state index in [1.54, 1.807) is 43.6 Å². The number of carboxylic acid groups (broad SMARTS) is 1. The van der Waals surface area contributed by atoms with Gasteiger partial charge in [0.05, 0.1) is 18.5 Å². The highest BCUT2D eigenvalue weighted by molar-refractivity contribution is 5.83. The van der Waals surface area contributed by atoms with Crippen molar-refractivity contribution < 1.29 is 23.4 Å². The van der Waals surface area contributed by atoms with Crippen molar-refractivity contribution in [2.75, 3.05) is 26.7 Å². The second-order valence-corrected chi connectivity index (χ2v) is 9.71. The van der Waals surface area contributed by atoms with Crippen molar-refractivity contribution in [2.24, 2.45) is 11.8 Å². The fourth-order valence-corrected chi connectivity index (χ4v) is 5.32. The van der Waals surface area contributed by atoms with E-state index < -0.39 is 18.1 Å². The fraction of sp³-hybridized carbons (Fsp3) is 0.448. The number of nitrogens with zero attached hydrogens (tertiary/aromatic N) is 2. The molecule has 3 aromatic rings. The number of pyridine rings is 1. The number of carboxylic acids is 1. The van der Waals surface area contributed by atoms with Gasteiger partial charge in [-0.1, -0.05) is 12.1 Å². The number of aryl methyl sites for hydroxylation is 1. The third-order valence-corrected chi connectivity index (χ3v) is 7.35. The summed E-state index contributed by atoms with van der Waals surface area (Å²) >= 11 is 0. The number of hydrogen-bond acceptors (Lipinski definition) is 4. The van der Waals surface area contributed by atoms with E-state index in [1.165, 1.54) is 6.07 Å². The van der Waals surface area contributed by atoms with Gasteiger partial charge in [-0.15, -0.1) is 0 Å². The predicted octanol–water partition coefficient (Wildman–Crippen LogP) is 6.22. The molecule has 2 heterocycles. The van der Waals surface area contributed by atoms with Crippen molar-refractivity contribution >= 4 is 16.9 Å². The smallest absolute Gasteiger partial charge is 0.308 e. The molecule has 1 unspecified atom stereocenters. The van der Waals surface area contributed by atoms with Gasteiger partial charge in [0.1, 0.15) is 17.7 Å². The number of aromatic nitrogens is 1. The Morgan fingerprint density at radius 1 is 1.22 bits per heavy atom. The second kappa shape index (κ2) is 12.3. The first-order valence-electron chi connectivity index (χ1n) is 12.7. The van der Waals surface area contributed by atoms with Gasteiger partial charge in [0, 0.05) is 18.1 Å². The van der Waals surface area contributed by atoms with E-state index in [2.05, 4.69) is 9.88 Å². The number of aliphatic carboxylic acids is 1. The number of fused-ring (bicyclic) bond motifs is 1. The van der Waals surface area contributed by atoms with E-state index in [4.69, 9.17) is 4.74 Å². The van der Waals surface area contributed by atoms with Gasteiger partial charge < -0.3 is 14.7 Å². The van der Waals surface area contributed by atoms with Crippen LogP contribution in [-0.2, 0) is 11.2 Å². The quantitative estimate of drug-likeness (QED) is 0.319. The molecule has 5 nitrogen and oxygen atoms in total. The molecule has 1 aromatic heterocycles. The number of ether oxygens (including phenoxy) is 1. The Balaban J connectivity index is 1.29. The Labute approximate surface area is 211 Å². The van der Waals surface area contributed by atoms with Gasteiger partial charge in [-0.05, 0) is 105 Å². The average Bonchev–Trinajstić information content (AvgIpc) is 2.89. The molecule has 1 saturated heterocycles. The van der Waals surface area contributed by atoms with E-state index in [-0.39, 0.29) is 18.2 Å². The largest absolute Gasteiger partial charge is 0.497 e. The molecule has 0 radical (unpaired) electrons. The highest BCUT2D eigenvalue weighted by Crippen LogP contribution is 2.35. The van der Waals surface area contributed by atoms with Gasteiger partial charge in [0.15, 0.2) is 0 Å². The molecule has 1 fully saturated rings. The molecule has 0 spiro atoms. The summed E-state index contributed by atoms with van der Waals surface area (Å²) in [6.45, 7) is 2.13. The van der Waals surface area contributed by atoms with Crippen LogP contribution in [0.5, 0.6) is 5.75 Å². The first kappa shape index (κ1) is 26.0. The number of methoxy groups -OCH3 is 1. The first-order valence-corrected chi connectivity index (χ1v) is 12.7. The van der Waals surface area contributed by atoms with Crippen LogP contribution in [0, 0.1) is 17.7 Å². The third-order valence-electron chi connectivity index (χ3n) is 7.35. The fourth-order valence-electron chi connectivity index (χ4n) is 5.32. The molecule has 0 saturated carbocycles. The molecule has 0 amide bonds. The van der Waals surface area contributed by atoms with Crippen molar-refractivity contribution in [3.8, 4) is 5.75 Å². The predicted molar refractivity (Wildman–Crippen MR) is 136 cm³/mol. The summed E-state index contributed by atoms with van der Waals surface area (Å²) < 4.78 is 34.0. The summed E-state index contributed by atoms with van der Waals surface area (Å²) in [7, 11) is 1.58. The SMILES string of the molecule is COc1ccc2nccc(C(F)CC[C@@H]3CCN(CCCCc4cccc(F)c4)C[C@@H]3C(=O)O)c2c1. The van der Waals surface area contributed by atoms with Crippen LogP contribution in [-0.4, -0.2) is 47.7 Å². The van der Waals surface area contributed by atoms with Crippen molar-refractivity contribution in [1.82, 2.24) is 9.88 Å². The zero-order chi connectivity index (χ0) is 25.5. The monoisotopic (exact) mass is 496 g/mol. The van der Waals surface area contributed by atoms with Crippen LogP contribution in [0.1, 0.15) is 49.4 Å². The topological polar surface area (TPSA) is 62.7 Å². The number of benzene rings is 2. The van der Waals surface area contributed by atoms with Crippen LogP contribution >= 0.6 is 0 Å². The maximum Gasteiger partial charge on any atom is 0.308 e. The molecule has 3 atom stereocenters. The zero-order valence-corrected chi connectivity index (χ0v) is 20.7. The minimum Gasteiger partial charge on any atom is -0.497 e. The molecular formula is C29H34F2N2O3. The summed E-state index contributed by atoms with van der Waals surface area (Å²) in [6, 6.07) is 13.8. The molecule has 7 heteroatoms. The van der Waals surface area contributed by atoms with Gasteiger partial charge in [-0.3, -0.25) is 9.78 Å². The van der Waals surface area contributed by atoms with Gasteiger partial charge in [0.25, 0.3) is 0 Å². The van der Waals surface area contributed by atoms with Gasteiger partial charge in [-0.25, -0.2) is 8.78 Å². The maximum absolute atomic E-state index is 15.4. The lowest BCUT2D eigenvalue weighted by molar-refractivity contribution is -0.146. The average molecular weight is 497 g/mol. The molecule has 0 bridgehead atoms. The lowest BCUT2D eigenvalue weighted by atomic mass is 9.81. The Bertz CT molecular complexity index is 1170. The second-order valence-electron chi connectivity index (χ2n) is 9.71.